The van der Waals surface area contributed by atoms with Gasteiger partial charge in [0.1, 0.15) is 5.75 Å². The number of nitrogens with zero attached hydrogens (tertiary/aromatic N) is 1. The van der Waals surface area contributed by atoms with Gasteiger partial charge in [-0.1, -0.05) is 11.6 Å². The number of hydrogen-bond acceptors (Lipinski definition) is 3. The van der Waals surface area contributed by atoms with Crippen LogP contribution in [0.2, 0.25) is 5.02 Å². The van der Waals surface area contributed by atoms with Gasteiger partial charge in [-0.3, -0.25) is 4.79 Å². The van der Waals surface area contributed by atoms with Crippen molar-refractivity contribution in [3.63, 3.8) is 0 Å². The molecule has 2 aromatic rings. The molecular formula is C14H12ClFN2O2. The van der Waals surface area contributed by atoms with E-state index in [4.69, 9.17) is 16.3 Å². The summed E-state index contributed by atoms with van der Waals surface area (Å²) in [6.07, 6.45) is 1.23. The van der Waals surface area contributed by atoms with E-state index in [2.05, 4.69) is 10.3 Å². The van der Waals surface area contributed by atoms with E-state index >= 15 is 0 Å². The molecule has 0 radical (unpaired) electrons. The molecule has 0 saturated heterocycles. The van der Waals surface area contributed by atoms with Crippen molar-refractivity contribution in [2.75, 3.05) is 11.9 Å². The molecule has 1 amide bonds. The van der Waals surface area contributed by atoms with Crippen molar-refractivity contribution >= 4 is 23.2 Å². The average molecular weight is 295 g/mol. The highest BCUT2D eigenvalue weighted by atomic mass is 35.5. The van der Waals surface area contributed by atoms with Gasteiger partial charge in [-0.05, 0) is 31.2 Å². The number of pyridine rings is 1. The molecule has 0 bridgehead atoms. The van der Waals surface area contributed by atoms with E-state index in [-0.39, 0.29) is 5.56 Å². The molecule has 0 aliphatic heterocycles. The molecule has 0 aliphatic carbocycles. The Balaban J connectivity index is 2.25. The minimum Gasteiger partial charge on any atom is -0.492 e. The van der Waals surface area contributed by atoms with Crippen LogP contribution in [0.1, 0.15) is 17.3 Å². The number of nitrogens with one attached hydrogen (secondary N) is 1. The largest absolute Gasteiger partial charge is 0.492 e. The molecule has 0 spiro atoms. The number of anilines is 1. The number of benzene rings is 1. The molecule has 0 fully saturated rings. The zero-order valence-electron chi connectivity index (χ0n) is 10.7. The summed E-state index contributed by atoms with van der Waals surface area (Å²) < 4.78 is 18.4. The van der Waals surface area contributed by atoms with Gasteiger partial charge in [0.05, 0.1) is 12.3 Å². The molecule has 0 aliphatic rings. The van der Waals surface area contributed by atoms with Gasteiger partial charge in [-0.2, -0.15) is 4.39 Å². The minimum absolute atomic E-state index is 0.167. The summed E-state index contributed by atoms with van der Waals surface area (Å²) in [6, 6.07) is 7.37. The van der Waals surface area contributed by atoms with Gasteiger partial charge in [0, 0.05) is 22.8 Å². The van der Waals surface area contributed by atoms with Crippen molar-refractivity contribution in [1.82, 2.24) is 4.98 Å². The predicted octanol–water partition coefficient (Wildman–Crippen LogP) is 3.53. The average Bonchev–Trinajstić information content (AvgIpc) is 2.42. The van der Waals surface area contributed by atoms with Gasteiger partial charge in [-0.25, -0.2) is 4.98 Å². The minimum atomic E-state index is -0.714. The molecule has 1 aromatic heterocycles. The molecule has 1 aromatic carbocycles. The lowest BCUT2D eigenvalue weighted by Crippen LogP contribution is -2.13. The second kappa shape index (κ2) is 6.34. The molecule has 20 heavy (non-hydrogen) atoms. The van der Waals surface area contributed by atoms with Crippen LogP contribution < -0.4 is 10.1 Å². The van der Waals surface area contributed by atoms with Crippen LogP contribution in [0.25, 0.3) is 0 Å². The fraction of sp³-hybridized carbons (Fsp3) is 0.143. The summed E-state index contributed by atoms with van der Waals surface area (Å²) in [5.41, 5.74) is 0.599. The van der Waals surface area contributed by atoms with Crippen LogP contribution in [0.3, 0.4) is 0 Å². The van der Waals surface area contributed by atoms with Gasteiger partial charge >= 0.3 is 0 Å². The van der Waals surface area contributed by atoms with Crippen molar-refractivity contribution in [3.05, 3.63) is 53.1 Å². The molecule has 104 valence electrons. The van der Waals surface area contributed by atoms with Gasteiger partial charge in [0.25, 0.3) is 5.91 Å². The summed E-state index contributed by atoms with van der Waals surface area (Å²) in [4.78, 5) is 15.4. The third kappa shape index (κ3) is 3.45. The SMILES string of the molecule is CCOc1ccc(Cl)cc1NC(=O)c1ccnc(F)c1. The topological polar surface area (TPSA) is 51.2 Å². The van der Waals surface area contributed by atoms with Crippen LogP contribution in [0, 0.1) is 5.95 Å². The number of amides is 1. The quantitative estimate of drug-likeness (QED) is 0.878. The summed E-state index contributed by atoms with van der Waals surface area (Å²) in [5, 5.41) is 3.10. The molecule has 2 rings (SSSR count). The smallest absolute Gasteiger partial charge is 0.255 e. The fourth-order valence-corrected chi connectivity index (χ4v) is 1.79. The van der Waals surface area contributed by atoms with Crippen LogP contribution >= 0.6 is 11.6 Å². The third-order valence-electron chi connectivity index (χ3n) is 2.48. The number of ether oxygens (including phenoxy) is 1. The first-order valence-electron chi connectivity index (χ1n) is 5.95. The number of carbonyl (C=O) groups excluding carboxylic acids is 1. The second-order valence-corrected chi connectivity index (χ2v) is 4.33. The maximum absolute atomic E-state index is 13.0. The summed E-state index contributed by atoms with van der Waals surface area (Å²) in [7, 11) is 0. The monoisotopic (exact) mass is 294 g/mol. The molecule has 0 saturated carbocycles. The number of aromatic nitrogens is 1. The number of carbonyl (C=O) groups is 1. The van der Waals surface area contributed by atoms with E-state index in [1.807, 2.05) is 6.92 Å². The molecule has 1 N–H and O–H groups in total. The van der Waals surface area contributed by atoms with Crippen LogP contribution in [0.4, 0.5) is 10.1 Å². The normalized spacial score (nSPS) is 10.2. The Morgan fingerprint density at radius 3 is 2.90 bits per heavy atom. The Bertz CT molecular complexity index is 634. The van der Waals surface area contributed by atoms with E-state index in [9.17, 15) is 9.18 Å². The molecule has 1 heterocycles. The predicted molar refractivity (Wildman–Crippen MR) is 74.8 cm³/mol. The van der Waals surface area contributed by atoms with E-state index < -0.39 is 11.9 Å². The summed E-state index contributed by atoms with van der Waals surface area (Å²) in [6.45, 7) is 2.28. The van der Waals surface area contributed by atoms with Gasteiger partial charge in [0.15, 0.2) is 0 Å². The Hall–Kier alpha value is -2.14. The van der Waals surface area contributed by atoms with E-state index in [0.717, 1.165) is 6.07 Å². The van der Waals surface area contributed by atoms with E-state index in [1.165, 1.54) is 12.3 Å². The van der Waals surface area contributed by atoms with Crippen molar-refractivity contribution in [2.24, 2.45) is 0 Å². The van der Waals surface area contributed by atoms with Gasteiger partial charge < -0.3 is 10.1 Å². The van der Waals surface area contributed by atoms with Crippen molar-refractivity contribution in [1.29, 1.82) is 0 Å². The highest BCUT2D eigenvalue weighted by molar-refractivity contribution is 6.31. The fourth-order valence-electron chi connectivity index (χ4n) is 1.62. The van der Waals surface area contributed by atoms with Crippen molar-refractivity contribution < 1.29 is 13.9 Å². The number of halogens is 2. The third-order valence-corrected chi connectivity index (χ3v) is 2.71. The van der Waals surface area contributed by atoms with Crippen LogP contribution in [0.15, 0.2) is 36.5 Å². The van der Waals surface area contributed by atoms with E-state index in [0.29, 0.717) is 23.1 Å². The van der Waals surface area contributed by atoms with Crippen LogP contribution in [-0.2, 0) is 0 Å². The first-order chi connectivity index (χ1) is 9.60. The van der Waals surface area contributed by atoms with Crippen molar-refractivity contribution in [2.45, 2.75) is 6.92 Å². The Morgan fingerprint density at radius 1 is 1.40 bits per heavy atom. The molecule has 6 heteroatoms. The maximum Gasteiger partial charge on any atom is 0.255 e. The summed E-state index contributed by atoms with van der Waals surface area (Å²) in [5.74, 6) is -0.678. The van der Waals surface area contributed by atoms with Crippen LogP contribution in [-0.4, -0.2) is 17.5 Å². The second-order valence-electron chi connectivity index (χ2n) is 3.89. The Kier molecular flexibility index (Phi) is 4.53. The zero-order valence-corrected chi connectivity index (χ0v) is 11.4. The Labute approximate surface area is 120 Å². The zero-order chi connectivity index (χ0) is 14.5. The Morgan fingerprint density at radius 2 is 2.20 bits per heavy atom. The first kappa shape index (κ1) is 14.3. The molecule has 0 unspecified atom stereocenters. The number of hydrogen-bond donors (Lipinski definition) is 1. The van der Waals surface area contributed by atoms with Crippen LogP contribution in [0.5, 0.6) is 5.75 Å². The highest BCUT2D eigenvalue weighted by Crippen LogP contribution is 2.28. The van der Waals surface area contributed by atoms with Gasteiger partial charge in [0.2, 0.25) is 5.95 Å². The molecule has 4 nitrogen and oxygen atoms in total. The lowest BCUT2D eigenvalue weighted by atomic mass is 10.2. The first-order valence-corrected chi connectivity index (χ1v) is 6.33. The van der Waals surface area contributed by atoms with Crippen molar-refractivity contribution in [3.8, 4) is 5.75 Å². The standard InChI is InChI=1S/C14H12ClFN2O2/c1-2-20-12-4-3-10(15)8-11(12)18-14(19)9-5-6-17-13(16)7-9/h3-8H,2H2,1H3,(H,18,19). The van der Waals surface area contributed by atoms with E-state index in [1.54, 1.807) is 18.2 Å². The molecular weight excluding hydrogens is 283 g/mol. The number of rotatable bonds is 4. The lowest BCUT2D eigenvalue weighted by Gasteiger charge is -2.11. The maximum atomic E-state index is 13.0. The summed E-state index contributed by atoms with van der Waals surface area (Å²) >= 11 is 5.89. The molecule has 0 atom stereocenters. The van der Waals surface area contributed by atoms with Gasteiger partial charge in [-0.15, -0.1) is 0 Å². The highest BCUT2D eigenvalue weighted by Gasteiger charge is 2.11. The lowest BCUT2D eigenvalue weighted by molar-refractivity contribution is 0.102.